The minimum Gasteiger partial charge on any atom is -0.490 e. The molecule has 0 saturated carbocycles. The van der Waals surface area contributed by atoms with Gasteiger partial charge in [0.05, 0.1) is 24.9 Å². The van der Waals surface area contributed by atoms with Gasteiger partial charge >= 0.3 is 0 Å². The third-order valence-electron chi connectivity index (χ3n) is 4.40. The molecule has 132 valence electrons. The average molecular weight is 398 g/mol. The van der Waals surface area contributed by atoms with Gasteiger partial charge in [-0.1, -0.05) is 15.9 Å². The lowest BCUT2D eigenvalue weighted by Gasteiger charge is -2.34. The summed E-state index contributed by atoms with van der Waals surface area (Å²) in [6.45, 7) is 6.73. The monoisotopic (exact) mass is 397 g/mol. The van der Waals surface area contributed by atoms with Gasteiger partial charge in [0.25, 0.3) is 5.91 Å². The highest BCUT2D eigenvalue weighted by Gasteiger charge is 2.32. The zero-order valence-electron chi connectivity index (χ0n) is 14.2. The first-order valence-corrected chi connectivity index (χ1v) is 9.32. The van der Waals surface area contributed by atoms with Crippen molar-refractivity contribution in [2.24, 2.45) is 5.92 Å². The molecule has 0 aliphatic carbocycles. The van der Waals surface area contributed by atoms with Gasteiger partial charge in [-0.05, 0) is 44.9 Å². The number of ether oxygens (including phenoxy) is 3. The normalized spacial score (nSPS) is 19.9. The van der Waals surface area contributed by atoms with Gasteiger partial charge in [-0.25, -0.2) is 0 Å². The Morgan fingerprint density at radius 1 is 1.25 bits per heavy atom. The maximum Gasteiger partial charge on any atom is 0.257 e. The zero-order valence-corrected chi connectivity index (χ0v) is 15.8. The number of nitrogens with zero attached hydrogens (tertiary/aromatic N) is 1. The van der Waals surface area contributed by atoms with Crippen LogP contribution in [0.3, 0.4) is 0 Å². The van der Waals surface area contributed by atoms with Gasteiger partial charge in [0.2, 0.25) is 0 Å². The van der Waals surface area contributed by atoms with Crippen LogP contribution < -0.4 is 4.74 Å². The maximum absolute atomic E-state index is 12.9. The molecule has 1 aromatic carbocycles. The van der Waals surface area contributed by atoms with Crippen LogP contribution in [-0.4, -0.2) is 49.5 Å². The molecule has 0 radical (unpaired) electrons. The molecule has 0 unspecified atom stereocenters. The average Bonchev–Trinajstić information content (AvgIpc) is 3.08. The van der Waals surface area contributed by atoms with Crippen LogP contribution in [0.5, 0.6) is 5.75 Å². The van der Waals surface area contributed by atoms with Gasteiger partial charge in [0.1, 0.15) is 5.75 Å². The molecular formula is C18H24BrNO4. The van der Waals surface area contributed by atoms with Crippen LogP contribution in [0.15, 0.2) is 22.7 Å². The third kappa shape index (κ3) is 4.10. The third-order valence-corrected chi connectivity index (χ3v) is 4.89. The molecule has 2 saturated heterocycles. The van der Waals surface area contributed by atoms with Gasteiger partial charge in [0, 0.05) is 23.5 Å². The second-order valence-corrected chi connectivity index (χ2v) is 7.46. The predicted octanol–water partition coefficient (Wildman–Crippen LogP) is 3.46. The number of hydrogen-bond donors (Lipinski definition) is 0. The van der Waals surface area contributed by atoms with Crippen molar-refractivity contribution in [1.82, 2.24) is 4.90 Å². The van der Waals surface area contributed by atoms with Crippen LogP contribution in [0.25, 0.3) is 0 Å². The second-order valence-electron chi connectivity index (χ2n) is 6.55. The smallest absolute Gasteiger partial charge is 0.257 e. The van der Waals surface area contributed by atoms with Crippen molar-refractivity contribution in [2.45, 2.75) is 39.1 Å². The van der Waals surface area contributed by atoms with Gasteiger partial charge in [-0.2, -0.15) is 0 Å². The summed E-state index contributed by atoms with van der Waals surface area (Å²) in [5, 5.41) is 0. The molecule has 0 aromatic heterocycles. The van der Waals surface area contributed by atoms with Crippen LogP contribution in [0.2, 0.25) is 0 Å². The van der Waals surface area contributed by atoms with Crippen molar-refractivity contribution in [3.63, 3.8) is 0 Å². The molecular weight excluding hydrogens is 374 g/mol. The molecule has 2 fully saturated rings. The van der Waals surface area contributed by atoms with E-state index in [1.165, 1.54) is 0 Å². The molecule has 0 bridgehead atoms. The summed E-state index contributed by atoms with van der Waals surface area (Å²) in [7, 11) is 0. The van der Waals surface area contributed by atoms with E-state index in [9.17, 15) is 4.79 Å². The van der Waals surface area contributed by atoms with Crippen LogP contribution in [0.1, 0.15) is 37.0 Å². The standard InChI is InChI=1S/C18H24BrNO4/c1-12(2)24-16-11-14(19)3-4-15(16)17(21)20-7-5-13(6-8-20)18-22-9-10-23-18/h3-4,11-13,18H,5-10H2,1-2H3. The van der Waals surface area contributed by atoms with Crippen molar-refractivity contribution >= 4 is 21.8 Å². The second kappa shape index (κ2) is 7.85. The summed E-state index contributed by atoms with van der Waals surface area (Å²) >= 11 is 3.44. The Balaban J connectivity index is 1.66. The summed E-state index contributed by atoms with van der Waals surface area (Å²) < 4.78 is 17.9. The fraction of sp³-hybridized carbons (Fsp3) is 0.611. The molecule has 1 aromatic rings. The molecule has 24 heavy (non-hydrogen) atoms. The van der Waals surface area contributed by atoms with E-state index in [1.807, 2.05) is 36.9 Å². The largest absolute Gasteiger partial charge is 0.490 e. The fourth-order valence-corrected chi connectivity index (χ4v) is 3.56. The summed E-state index contributed by atoms with van der Waals surface area (Å²) in [5.74, 6) is 1.05. The van der Waals surface area contributed by atoms with Gasteiger partial charge in [0.15, 0.2) is 6.29 Å². The van der Waals surface area contributed by atoms with Crippen LogP contribution in [0, 0.1) is 5.92 Å². The molecule has 0 atom stereocenters. The quantitative estimate of drug-likeness (QED) is 0.780. The van der Waals surface area contributed by atoms with Crippen LogP contribution in [0.4, 0.5) is 0 Å². The van der Waals surface area contributed by atoms with E-state index in [0.717, 1.165) is 30.4 Å². The van der Waals surface area contributed by atoms with E-state index in [1.54, 1.807) is 0 Å². The highest BCUT2D eigenvalue weighted by molar-refractivity contribution is 9.10. The van der Waals surface area contributed by atoms with Crippen molar-refractivity contribution in [1.29, 1.82) is 0 Å². The SMILES string of the molecule is CC(C)Oc1cc(Br)ccc1C(=O)N1CCC(C2OCCO2)CC1. The topological polar surface area (TPSA) is 48.0 Å². The molecule has 5 nitrogen and oxygen atoms in total. The fourth-order valence-electron chi connectivity index (χ4n) is 3.22. The number of piperidine rings is 1. The molecule has 2 aliphatic heterocycles. The number of halogens is 1. The minimum atomic E-state index is -0.0882. The number of amides is 1. The van der Waals surface area contributed by atoms with E-state index in [2.05, 4.69) is 15.9 Å². The summed E-state index contributed by atoms with van der Waals surface area (Å²) in [5.41, 5.74) is 0.624. The van der Waals surface area contributed by atoms with Gasteiger partial charge < -0.3 is 19.1 Å². The van der Waals surface area contributed by atoms with E-state index >= 15 is 0 Å². The Bertz CT molecular complexity index is 578. The van der Waals surface area contributed by atoms with Crippen LogP contribution in [-0.2, 0) is 9.47 Å². The predicted molar refractivity (Wildman–Crippen MR) is 94.2 cm³/mol. The van der Waals surface area contributed by atoms with Gasteiger partial charge in [-0.15, -0.1) is 0 Å². The first-order chi connectivity index (χ1) is 11.5. The van der Waals surface area contributed by atoms with Crippen LogP contribution >= 0.6 is 15.9 Å². The molecule has 0 N–H and O–H groups in total. The lowest BCUT2D eigenvalue weighted by molar-refractivity contribution is -0.0956. The number of carbonyl (C=O) groups is 1. The van der Waals surface area contributed by atoms with E-state index in [-0.39, 0.29) is 18.3 Å². The molecule has 0 spiro atoms. The first kappa shape index (κ1) is 17.7. The summed E-state index contributed by atoms with van der Waals surface area (Å²) in [6.07, 6.45) is 1.75. The molecule has 6 heteroatoms. The Hall–Kier alpha value is -1.11. The van der Waals surface area contributed by atoms with Crippen molar-refractivity contribution in [2.75, 3.05) is 26.3 Å². The first-order valence-electron chi connectivity index (χ1n) is 8.53. The molecule has 3 rings (SSSR count). The molecule has 2 aliphatic rings. The minimum absolute atomic E-state index is 0.0215. The maximum atomic E-state index is 12.9. The summed E-state index contributed by atoms with van der Waals surface area (Å²) in [6, 6.07) is 5.58. The van der Waals surface area contributed by atoms with Gasteiger partial charge in [-0.3, -0.25) is 4.79 Å². The van der Waals surface area contributed by atoms with Crippen molar-refractivity contribution in [3.8, 4) is 5.75 Å². The lowest BCUT2D eigenvalue weighted by atomic mass is 9.95. The Kier molecular flexibility index (Phi) is 5.79. The molecule has 1 amide bonds. The number of benzene rings is 1. The highest BCUT2D eigenvalue weighted by atomic mass is 79.9. The van der Waals surface area contributed by atoms with Crippen molar-refractivity contribution < 1.29 is 19.0 Å². The van der Waals surface area contributed by atoms with E-state index in [4.69, 9.17) is 14.2 Å². The Labute approximate surface area is 151 Å². The van der Waals surface area contributed by atoms with E-state index < -0.39 is 0 Å². The summed E-state index contributed by atoms with van der Waals surface area (Å²) in [4.78, 5) is 14.8. The zero-order chi connectivity index (χ0) is 17.1. The lowest BCUT2D eigenvalue weighted by Crippen LogP contribution is -2.41. The number of rotatable bonds is 4. The molecule has 2 heterocycles. The number of hydrogen-bond acceptors (Lipinski definition) is 4. The van der Waals surface area contributed by atoms with E-state index in [0.29, 0.717) is 30.4 Å². The highest BCUT2D eigenvalue weighted by Crippen LogP contribution is 2.30. The number of likely N-dealkylation sites (tertiary alicyclic amines) is 1. The Morgan fingerprint density at radius 3 is 2.54 bits per heavy atom. The Morgan fingerprint density at radius 2 is 1.92 bits per heavy atom. The van der Waals surface area contributed by atoms with Crippen molar-refractivity contribution in [3.05, 3.63) is 28.2 Å². The number of carbonyl (C=O) groups excluding carboxylic acids is 1.